The Morgan fingerprint density at radius 1 is 1.14 bits per heavy atom. The Morgan fingerprint density at radius 2 is 1.83 bits per heavy atom. The van der Waals surface area contributed by atoms with Crippen molar-refractivity contribution in [1.29, 1.82) is 0 Å². The predicted octanol–water partition coefficient (Wildman–Crippen LogP) is 6.66. The lowest BCUT2D eigenvalue weighted by atomic mass is 9.87. The van der Waals surface area contributed by atoms with E-state index in [0.29, 0.717) is 24.3 Å². The van der Waals surface area contributed by atoms with Gasteiger partial charge in [0, 0.05) is 6.42 Å². The molecular weight excluding hydrogens is 534 g/mol. The molecule has 1 heterocycles. The summed E-state index contributed by atoms with van der Waals surface area (Å²) in [5, 5.41) is 3.04. The second-order valence-electron chi connectivity index (χ2n) is 9.33. The van der Waals surface area contributed by atoms with Gasteiger partial charge in [0.25, 0.3) is 0 Å². The van der Waals surface area contributed by atoms with E-state index in [0.717, 1.165) is 15.8 Å². The third kappa shape index (κ3) is 8.07. The minimum absolute atomic E-state index is 0.0348. The van der Waals surface area contributed by atoms with Crippen LogP contribution in [0.25, 0.3) is 0 Å². The highest BCUT2D eigenvalue weighted by Crippen LogP contribution is 2.35. The van der Waals surface area contributed by atoms with Crippen molar-refractivity contribution in [2.24, 2.45) is 0 Å². The van der Waals surface area contributed by atoms with Gasteiger partial charge in [-0.3, -0.25) is 4.79 Å². The molecule has 0 aliphatic carbocycles. The average molecular weight is 569 g/mol. The maximum Gasteiger partial charge on any atom is 0.348 e. The van der Waals surface area contributed by atoms with Crippen LogP contribution in [0.3, 0.4) is 0 Å². The van der Waals surface area contributed by atoms with Crippen molar-refractivity contribution in [3.05, 3.63) is 44.2 Å². The smallest absolute Gasteiger partial charge is 0.348 e. The summed E-state index contributed by atoms with van der Waals surface area (Å²) in [7, 11) is 0. The number of esters is 2. The lowest BCUT2D eigenvalue weighted by Crippen LogP contribution is -2.15. The molecule has 1 amide bonds. The Bertz CT molecular complexity index is 1070. The fourth-order valence-corrected chi connectivity index (χ4v) is 4.79. The van der Waals surface area contributed by atoms with E-state index < -0.39 is 11.9 Å². The molecule has 192 valence electrons. The molecule has 1 aromatic carbocycles. The molecule has 0 aliphatic rings. The number of amides is 1. The van der Waals surface area contributed by atoms with Crippen LogP contribution < -0.4 is 10.1 Å². The monoisotopic (exact) mass is 567 g/mol. The number of nitrogens with one attached hydrogen (secondary N) is 1. The molecule has 1 aromatic heterocycles. The molecule has 0 aliphatic heterocycles. The molecule has 0 saturated heterocycles. The minimum atomic E-state index is -0.591. The van der Waals surface area contributed by atoms with Gasteiger partial charge in [-0.25, -0.2) is 9.59 Å². The average Bonchev–Trinajstić information content (AvgIpc) is 3.06. The van der Waals surface area contributed by atoms with Gasteiger partial charge in [0.15, 0.2) is 0 Å². The van der Waals surface area contributed by atoms with Crippen LogP contribution in [0.1, 0.15) is 85.5 Å². The fraction of sp³-hybridized carbons (Fsp3) is 0.500. The molecule has 0 atom stereocenters. The zero-order valence-electron chi connectivity index (χ0n) is 21.4. The van der Waals surface area contributed by atoms with E-state index in [-0.39, 0.29) is 45.9 Å². The summed E-state index contributed by atoms with van der Waals surface area (Å²) in [6.45, 7) is 13.8. The lowest BCUT2D eigenvalue weighted by molar-refractivity contribution is -0.116. The van der Waals surface area contributed by atoms with Crippen LogP contribution in [0, 0.1) is 6.92 Å². The summed E-state index contributed by atoms with van der Waals surface area (Å²) in [6, 6.07) is 5.99. The van der Waals surface area contributed by atoms with Crippen molar-refractivity contribution in [3.8, 4) is 5.75 Å². The molecule has 9 heteroatoms. The van der Waals surface area contributed by atoms with E-state index in [1.807, 2.05) is 18.2 Å². The van der Waals surface area contributed by atoms with Crippen molar-refractivity contribution in [1.82, 2.24) is 0 Å². The van der Waals surface area contributed by atoms with Gasteiger partial charge in [-0.05, 0) is 78.7 Å². The first kappa shape index (κ1) is 28.8. The van der Waals surface area contributed by atoms with Crippen molar-refractivity contribution in [2.45, 2.75) is 72.8 Å². The highest BCUT2D eigenvalue weighted by molar-refractivity contribution is 9.10. The Morgan fingerprint density at radius 3 is 2.40 bits per heavy atom. The fourth-order valence-electron chi connectivity index (χ4n) is 3.20. The molecule has 0 radical (unpaired) electrons. The van der Waals surface area contributed by atoms with Gasteiger partial charge in [0.1, 0.15) is 15.6 Å². The van der Waals surface area contributed by atoms with E-state index >= 15 is 0 Å². The van der Waals surface area contributed by atoms with Gasteiger partial charge in [0.05, 0.1) is 29.4 Å². The van der Waals surface area contributed by atoms with E-state index in [1.54, 1.807) is 27.7 Å². The number of carbonyl (C=O) groups is 3. The number of rotatable bonds is 10. The normalized spacial score (nSPS) is 11.3. The molecule has 2 rings (SSSR count). The van der Waals surface area contributed by atoms with Gasteiger partial charge in [0.2, 0.25) is 5.91 Å². The van der Waals surface area contributed by atoms with E-state index in [2.05, 4.69) is 42.0 Å². The molecule has 1 N–H and O–H groups in total. The van der Waals surface area contributed by atoms with Crippen molar-refractivity contribution < 1.29 is 28.6 Å². The quantitative estimate of drug-likeness (QED) is 0.255. The number of hydrogen-bond acceptors (Lipinski definition) is 7. The van der Waals surface area contributed by atoms with Crippen LogP contribution in [-0.2, 0) is 19.7 Å². The van der Waals surface area contributed by atoms with Gasteiger partial charge >= 0.3 is 11.9 Å². The first-order valence-electron chi connectivity index (χ1n) is 11.6. The molecule has 0 saturated carbocycles. The number of carbonyl (C=O) groups excluding carboxylic acids is 3. The second kappa shape index (κ2) is 12.5. The molecule has 2 aromatic rings. The third-order valence-corrected chi connectivity index (χ3v) is 6.82. The Labute approximate surface area is 219 Å². The van der Waals surface area contributed by atoms with Gasteiger partial charge in [-0.15, -0.1) is 11.3 Å². The van der Waals surface area contributed by atoms with Crippen molar-refractivity contribution >= 4 is 50.1 Å². The number of ether oxygens (including phenoxy) is 3. The minimum Gasteiger partial charge on any atom is -0.492 e. The van der Waals surface area contributed by atoms with E-state index in [9.17, 15) is 14.4 Å². The first-order chi connectivity index (χ1) is 16.3. The summed E-state index contributed by atoms with van der Waals surface area (Å²) in [5.41, 5.74) is 1.84. The Hall–Kier alpha value is -2.39. The topological polar surface area (TPSA) is 90.9 Å². The van der Waals surface area contributed by atoms with Crippen molar-refractivity contribution in [3.63, 3.8) is 0 Å². The number of thiophene rings is 1. The van der Waals surface area contributed by atoms with Crippen molar-refractivity contribution in [2.75, 3.05) is 18.5 Å². The highest BCUT2D eigenvalue weighted by atomic mass is 79.9. The third-order valence-electron chi connectivity index (χ3n) is 5.01. The zero-order valence-corrected chi connectivity index (χ0v) is 23.8. The molecule has 0 fully saturated rings. The maximum atomic E-state index is 12.6. The van der Waals surface area contributed by atoms with Crippen LogP contribution >= 0.6 is 27.3 Å². The Kier molecular flexibility index (Phi) is 10.3. The highest BCUT2D eigenvalue weighted by Gasteiger charge is 2.27. The largest absolute Gasteiger partial charge is 0.492 e. The van der Waals surface area contributed by atoms with Crippen LogP contribution in [0.15, 0.2) is 22.7 Å². The summed E-state index contributed by atoms with van der Waals surface area (Å²) < 4.78 is 17.1. The number of anilines is 1. The molecule has 35 heavy (non-hydrogen) atoms. The molecule has 0 spiro atoms. The summed E-state index contributed by atoms with van der Waals surface area (Å²) in [5.74, 6) is -0.700. The molecule has 0 bridgehead atoms. The summed E-state index contributed by atoms with van der Waals surface area (Å²) >= 11 is 4.57. The summed E-state index contributed by atoms with van der Waals surface area (Å²) in [6.07, 6.45) is 0.348. The standard InChI is InChI=1S/C26H34BrNO6S/c1-8-32-24(30)21-16(4)22(25(31)34-15(2)3)35-23(21)28-20(29)10-9-13-33-19-12-11-17(14-18(19)27)26(5,6)7/h11-12,14-15H,8-10,13H2,1-7H3,(H,28,29). The van der Waals surface area contributed by atoms with Crippen LogP contribution in [0.2, 0.25) is 0 Å². The predicted molar refractivity (Wildman–Crippen MR) is 142 cm³/mol. The number of hydrogen-bond donors (Lipinski definition) is 1. The molecule has 7 nitrogen and oxygen atoms in total. The first-order valence-corrected chi connectivity index (χ1v) is 13.2. The van der Waals surface area contributed by atoms with E-state index in [4.69, 9.17) is 14.2 Å². The summed E-state index contributed by atoms with van der Waals surface area (Å²) in [4.78, 5) is 37.9. The van der Waals surface area contributed by atoms with Gasteiger partial charge in [-0.1, -0.05) is 26.8 Å². The van der Waals surface area contributed by atoms with E-state index in [1.165, 1.54) is 5.56 Å². The maximum absolute atomic E-state index is 12.6. The number of halogens is 1. The van der Waals surface area contributed by atoms with Crippen LogP contribution in [0.4, 0.5) is 5.00 Å². The van der Waals surface area contributed by atoms with Crippen LogP contribution in [0.5, 0.6) is 5.75 Å². The van der Waals surface area contributed by atoms with Gasteiger partial charge < -0.3 is 19.5 Å². The molecule has 0 unspecified atom stereocenters. The molecular formula is C26H34BrNO6S. The van der Waals surface area contributed by atoms with Gasteiger partial charge in [-0.2, -0.15) is 0 Å². The Balaban J connectivity index is 2.03. The number of benzene rings is 1. The SMILES string of the molecule is CCOC(=O)c1c(NC(=O)CCCOc2ccc(C(C)(C)C)cc2Br)sc(C(=O)OC(C)C)c1C. The van der Waals surface area contributed by atoms with Crippen LogP contribution in [-0.4, -0.2) is 37.2 Å². The lowest BCUT2D eigenvalue weighted by Gasteiger charge is -2.20. The zero-order chi connectivity index (χ0) is 26.3. The second-order valence-corrected chi connectivity index (χ2v) is 11.2.